The third-order valence-electron chi connectivity index (χ3n) is 3.15. The standard InChI is InChI=1S/C13H16BrFN2OS/c14-11-9(13(16)19)3-4-10(12(11)15)17-6-5-8-2-1-7-18-8/h3-4,8,17H,1-2,5-7H2,(H2,16,19). The Balaban J connectivity index is 1.96. The summed E-state index contributed by atoms with van der Waals surface area (Å²) >= 11 is 8.04. The monoisotopic (exact) mass is 346 g/mol. The van der Waals surface area contributed by atoms with Crippen LogP contribution >= 0.6 is 28.1 Å². The van der Waals surface area contributed by atoms with E-state index in [0.717, 1.165) is 25.9 Å². The summed E-state index contributed by atoms with van der Waals surface area (Å²) in [5.41, 5.74) is 6.47. The molecule has 0 spiro atoms. The van der Waals surface area contributed by atoms with Crippen molar-refractivity contribution in [3.63, 3.8) is 0 Å². The van der Waals surface area contributed by atoms with E-state index in [9.17, 15) is 4.39 Å². The van der Waals surface area contributed by atoms with Gasteiger partial charge >= 0.3 is 0 Å². The zero-order valence-electron chi connectivity index (χ0n) is 10.4. The molecule has 3 nitrogen and oxygen atoms in total. The lowest BCUT2D eigenvalue weighted by Gasteiger charge is -2.13. The minimum Gasteiger partial charge on any atom is -0.389 e. The fourth-order valence-electron chi connectivity index (χ4n) is 2.12. The van der Waals surface area contributed by atoms with Gasteiger partial charge in [-0.3, -0.25) is 0 Å². The summed E-state index contributed by atoms with van der Waals surface area (Å²) in [7, 11) is 0. The summed E-state index contributed by atoms with van der Waals surface area (Å²) in [4.78, 5) is 0.177. The van der Waals surface area contributed by atoms with Crippen LogP contribution in [0.15, 0.2) is 16.6 Å². The van der Waals surface area contributed by atoms with E-state index < -0.39 is 0 Å². The number of hydrogen-bond donors (Lipinski definition) is 2. The van der Waals surface area contributed by atoms with Gasteiger partial charge in [0, 0.05) is 18.7 Å². The Labute approximate surface area is 125 Å². The lowest BCUT2D eigenvalue weighted by molar-refractivity contribution is 0.107. The molecular formula is C13H16BrFN2OS. The van der Waals surface area contributed by atoms with Crippen LogP contribution in [0.1, 0.15) is 24.8 Å². The number of ether oxygens (including phenoxy) is 1. The van der Waals surface area contributed by atoms with Crippen molar-refractivity contribution in [2.45, 2.75) is 25.4 Å². The van der Waals surface area contributed by atoms with Gasteiger partial charge in [-0.1, -0.05) is 12.2 Å². The van der Waals surface area contributed by atoms with Gasteiger partial charge in [-0.05, 0) is 47.3 Å². The van der Waals surface area contributed by atoms with Gasteiger partial charge in [0.2, 0.25) is 0 Å². The highest BCUT2D eigenvalue weighted by Gasteiger charge is 2.16. The number of rotatable bonds is 5. The molecule has 1 aliphatic rings. The van der Waals surface area contributed by atoms with E-state index >= 15 is 0 Å². The van der Waals surface area contributed by atoms with Crippen LogP contribution in [-0.4, -0.2) is 24.2 Å². The van der Waals surface area contributed by atoms with Crippen LogP contribution in [0.5, 0.6) is 0 Å². The number of halogens is 2. The Bertz CT molecular complexity index is 478. The molecule has 0 radical (unpaired) electrons. The van der Waals surface area contributed by atoms with Gasteiger partial charge in [0.15, 0.2) is 5.82 Å². The largest absolute Gasteiger partial charge is 0.389 e. The molecule has 0 saturated carbocycles. The second kappa shape index (κ2) is 6.63. The fourth-order valence-corrected chi connectivity index (χ4v) is 2.98. The van der Waals surface area contributed by atoms with Crippen molar-refractivity contribution in [1.82, 2.24) is 0 Å². The third kappa shape index (κ3) is 3.64. The molecule has 104 valence electrons. The summed E-state index contributed by atoms with van der Waals surface area (Å²) < 4.78 is 19.9. The van der Waals surface area contributed by atoms with Gasteiger partial charge in [0.05, 0.1) is 16.3 Å². The number of anilines is 1. The molecule has 1 heterocycles. The Morgan fingerprint density at radius 2 is 2.37 bits per heavy atom. The highest BCUT2D eigenvalue weighted by Crippen LogP contribution is 2.27. The molecule has 2 rings (SSSR count). The predicted octanol–water partition coefficient (Wildman–Crippen LogP) is 3.20. The number of benzene rings is 1. The first kappa shape index (κ1) is 14.7. The topological polar surface area (TPSA) is 47.3 Å². The van der Waals surface area contributed by atoms with Crippen molar-refractivity contribution in [3.05, 3.63) is 28.0 Å². The molecule has 3 N–H and O–H groups in total. The smallest absolute Gasteiger partial charge is 0.161 e. The van der Waals surface area contributed by atoms with Gasteiger partial charge in [0.1, 0.15) is 4.99 Å². The molecule has 0 bridgehead atoms. The molecule has 1 aliphatic heterocycles. The van der Waals surface area contributed by atoms with Gasteiger partial charge in [-0.15, -0.1) is 0 Å². The molecule has 1 aromatic carbocycles. The highest BCUT2D eigenvalue weighted by atomic mass is 79.9. The van der Waals surface area contributed by atoms with Crippen molar-refractivity contribution in [2.75, 3.05) is 18.5 Å². The van der Waals surface area contributed by atoms with Crippen LogP contribution in [0.25, 0.3) is 0 Å². The van der Waals surface area contributed by atoms with Crippen molar-refractivity contribution < 1.29 is 9.13 Å². The van der Waals surface area contributed by atoms with Crippen molar-refractivity contribution >= 4 is 38.8 Å². The summed E-state index contributed by atoms with van der Waals surface area (Å²) in [6.07, 6.45) is 3.39. The van der Waals surface area contributed by atoms with Crippen molar-refractivity contribution in [3.8, 4) is 0 Å². The van der Waals surface area contributed by atoms with Crippen molar-refractivity contribution in [2.24, 2.45) is 5.73 Å². The lowest BCUT2D eigenvalue weighted by Crippen LogP contribution is -2.14. The summed E-state index contributed by atoms with van der Waals surface area (Å²) in [5.74, 6) is -0.363. The Morgan fingerprint density at radius 3 is 3.00 bits per heavy atom. The SMILES string of the molecule is NC(=S)c1ccc(NCCC2CCCO2)c(F)c1Br. The van der Waals surface area contributed by atoms with E-state index in [4.69, 9.17) is 22.7 Å². The fraction of sp³-hybridized carbons (Fsp3) is 0.462. The molecule has 0 aromatic heterocycles. The second-order valence-electron chi connectivity index (χ2n) is 4.50. The van der Waals surface area contributed by atoms with Crippen molar-refractivity contribution in [1.29, 1.82) is 0 Å². The third-order valence-corrected chi connectivity index (χ3v) is 4.15. The number of nitrogens with one attached hydrogen (secondary N) is 1. The lowest BCUT2D eigenvalue weighted by atomic mass is 10.1. The second-order valence-corrected chi connectivity index (χ2v) is 5.74. The van der Waals surface area contributed by atoms with E-state index in [1.807, 2.05) is 0 Å². The van der Waals surface area contributed by atoms with E-state index in [1.54, 1.807) is 12.1 Å². The first-order valence-electron chi connectivity index (χ1n) is 6.23. The van der Waals surface area contributed by atoms with Crippen LogP contribution in [0.2, 0.25) is 0 Å². The zero-order valence-corrected chi connectivity index (χ0v) is 12.8. The molecule has 1 fully saturated rings. The summed E-state index contributed by atoms with van der Waals surface area (Å²) in [6.45, 7) is 1.52. The average molecular weight is 347 g/mol. The normalized spacial score (nSPS) is 18.5. The first-order chi connectivity index (χ1) is 9.09. The summed E-state index contributed by atoms with van der Waals surface area (Å²) in [5, 5.41) is 3.08. The number of nitrogens with two attached hydrogens (primary N) is 1. The van der Waals surface area contributed by atoms with E-state index in [-0.39, 0.29) is 10.8 Å². The molecule has 1 atom stereocenters. The minimum absolute atomic E-state index is 0.177. The van der Waals surface area contributed by atoms with E-state index in [2.05, 4.69) is 21.2 Å². The predicted molar refractivity (Wildman–Crippen MR) is 82.1 cm³/mol. The van der Waals surface area contributed by atoms with E-state index in [0.29, 0.717) is 28.4 Å². The molecule has 6 heteroatoms. The Morgan fingerprint density at radius 1 is 1.58 bits per heavy atom. The van der Waals surface area contributed by atoms with Crippen LogP contribution in [-0.2, 0) is 4.74 Å². The minimum atomic E-state index is -0.363. The van der Waals surface area contributed by atoms with Gasteiger partial charge < -0.3 is 15.8 Å². The van der Waals surface area contributed by atoms with Crippen LogP contribution in [0.3, 0.4) is 0 Å². The number of thiocarbonyl (C=S) groups is 1. The quantitative estimate of drug-likeness (QED) is 0.803. The van der Waals surface area contributed by atoms with Gasteiger partial charge in [0.25, 0.3) is 0 Å². The maximum absolute atomic E-state index is 14.1. The van der Waals surface area contributed by atoms with E-state index in [1.165, 1.54) is 0 Å². The van der Waals surface area contributed by atoms with Crippen LogP contribution < -0.4 is 11.1 Å². The molecule has 1 aromatic rings. The Kier molecular flexibility index (Phi) is 5.13. The highest BCUT2D eigenvalue weighted by molar-refractivity contribution is 9.10. The molecule has 0 amide bonds. The molecular weight excluding hydrogens is 331 g/mol. The van der Waals surface area contributed by atoms with Gasteiger partial charge in [-0.2, -0.15) is 0 Å². The maximum atomic E-state index is 14.1. The van der Waals surface area contributed by atoms with Gasteiger partial charge in [-0.25, -0.2) is 4.39 Å². The number of hydrogen-bond acceptors (Lipinski definition) is 3. The zero-order chi connectivity index (χ0) is 13.8. The first-order valence-corrected chi connectivity index (χ1v) is 7.43. The Hall–Kier alpha value is -0.720. The molecule has 0 aliphatic carbocycles. The average Bonchev–Trinajstić information content (AvgIpc) is 2.87. The molecule has 19 heavy (non-hydrogen) atoms. The van der Waals surface area contributed by atoms with Crippen LogP contribution in [0.4, 0.5) is 10.1 Å². The van der Waals surface area contributed by atoms with Crippen LogP contribution in [0, 0.1) is 5.82 Å². The molecule has 1 unspecified atom stereocenters. The summed E-state index contributed by atoms with van der Waals surface area (Å²) in [6, 6.07) is 3.37. The molecule has 1 saturated heterocycles. The maximum Gasteiger partial charge on any atom is 0.161 e.